The molecule has 0 aliphatic carbocycles. The molecule has 2 fully saturated rings. The van der Waals surface area contributed by atoms with Crippen LogP contribution in [-0.4, -0.2) is 62.6 Å². The van der Waals surface area contributed by atoms with Gasteiger partial charge in [-0.1, -0.05) is 24.3 Å². The number of carbonyl (C=O) groups is 1. The van der Waals surface area contributed by atoms with Gasteiger partial charge in [0.15, 0.2) is 18.1 Å². The Hall–Kier alpha value is -2.77. The lowest BCUT2D eigenvalue weighted by atomic mass is 9.83. The minimum absolute atomic E-state index is 0.317. The van der Waals surface area contributed by atoms with Gasteiger partial charge in [0.05, 0.1) is 20.8 Å². The molecule has 7 heteroatoms. The third-order valence-electron chi connectivity index (χ3n) is 6.31. The maximum absolute atomic E-state index is 10.9. The third-order valence-corrected chi connectivity index (χ3v) is 6.31. The molecular formula is C24H29NO6. The van der Waals surface area contributed by atoms with Crippen LogP contribution in [0.1, 0.15) is 23.5 Å². The monoisotopic (exact) mass is 427 g/mol. The van der Waals surface area contributed by atoms with E-state index in [1.165, 1.54) is 5.56 Å². The molecule has 2 aromatic rings. The van der Waals surface area contributed by atoms with Crippen LogP contribution in [0.15, 0.2) is 42.5 Å². The summed E-state index contributed by atoms with van der Waals surface area (Å²) in [5, 5.41) is 8.98. The number of carboxylic acid groups (broad SMARTS) is 1. The molecule has 166 valence electrons. The molecule has 0 aromatic heterocycles. The molecule has 1 N–H and O–H groups in total. The standard InChI is InChI=1S/C24H29NO6/c1-28-22-8-7-16(11-23(22)29-2)18-13-25(20-9-10-30-14-19(18)20)12-17-5-3-4-6-21(17)31-15-24(26)27/h3-8,11,18-20H,9-10,12-15H2,1-2H3,(H,26,27)/t18-,19-,20-/m1/s1. The molecule has 31 heavy (non-hydrogen) atoms. The highest BCUT2D eigenvalue weighted by molar-refractivity contribution is 5.68. The van der Waals surface area contributed by atoms with Crippen LogP contribution in [0.3, 0.4) is 0 Å². The van der Waals surface area contributed by atoms with Gasteiger partial charge in [0.2, 0.25) is 0 Å². The molecule has 0 unspecified atom stereocenters. The van der Waals surface area contributed by atoms with Crippen LogP contribution in [0, 0.1) is 5.92 Å². The fraction of sp³-hybridized carbons (Fsp3) is 0.458. The second-order valence-corrected chi connectivity index (χ2v) is 8.04. The second kappa shape index (κ2) is 9.58. The van der Waals surface area contributed by atoms with Crippen molar-refractivity contribution in [1.82, 2.24) is 4.90 Å². The summed E-state index contributed by atoms with van der Waals surface area (Å²) in [5.74, 6) is 1.81. The number of rotatable bonds is 8. The van der Waals surface area contributed by atoms with Crippen molar-refractivity contribution in [3.05, 3.63) is 53.6 Å². The second-order valence-electron chi connectivity index (χ2n) is 8.04. The number of methoxy groups -OCH3 is 2. The number of nitrogens with zero attached hydrogens (tertiary/aromatic N) is 1. The first kappa shape index (κ1) is 21.5. The SMILES string of the molecule is COc1ccc([C@H]2CN(Cc3ccccc3OCC(=O)O)[C@@H]3CCOC[C@H]23)cc1OC. The molecule has 0 amide bonds. The summed E-state index contributed by atoms with van der Waals surface area (Å²) >= 11 is 0. The van der Waals surface area contributed by atoms with Crippen molar-refractivity contribution in [2.45, 2.75) is 24.9 Å². The van der Waals surface area contributed by atoms with E-state index in [2.05, 4.69) is 17.0 Å². The molecule has 2 heterocycles. The highest BCUT2D eigenvalue weighted by atomic mass is 16.5. The van der Waals surface area contributed by atoms with Crippen molar-refractivity contribution in [1.29, 1.82) is 0 Å². The smallest absolute Gasteiger partial charge is 0.341 e. The van der Waals surface area contributed by atoms with Crippen molar-refractivity contribution in [3.8, 4) is 17.2 Å². The van der Waals surface area contributed by atoms with Crippen LogP contribution in [0.4, 0.5) is 0 Å². The lowest BCUT2D eigenvalue weighted by Crippen LogP contribution is -2.38. The first-order chi connectivity index (χ1) is 15.1. The average molecular weight is 427 g/mol. The van der Waals surface area contributed by atoms with Gasteiger partial charge in [-0.2, -0.15) is 0 Å². The molecule has 4 rings (SSSR count). The minimum atomic E-state index is -0.978. The molecule has 0 spiro atoms. The van der Waals surface area contributed by atoms with Gasteiger partial charge in [0, 0.05) is 43.1 Å². The summed E-state index contributed by atoms with van der Waals surface area (Å²) in [5.41, 5.74) is 2.22. The van der Waals surface area contributed by atoms with Crippen molar-refractivity contribution in [3.63, 3.8) is 0 Å². The predicted molar refractivity (Wildman–Crippen MR) is 115 cm³/mol. The Kier molecular flexibility index (Phi) is 6.63. The maximum Gasteiger partial charge on any atom is 0.341 e. The summed E-state index contributed by atoms with van der Waals surface area (Å²) in [6.07, 6.45) is 0.979. The third kappa shape index (κ3) is 4.62. The van der Waals surface area contributed by atoms with E-state index in [1.807, 2.05) is 30.3 Å². The largest absolute Gasteiger partial charge is 0.493 e. The van der Waals surface area contributed by atoms with Crippen LogP contribution < -0.4 is 14.2 Å². The summed E-state index contributed by atoms with van der Waals surface area (Å²) in [4.78, 5) is 13.4. The number of aliphatic carboxylic acids is 1. The van der Waals surface area contributed by atoms with Gasteiger partial charge >= 0.3 is 5.97 Å². The van der Waals surface area contributed by atoms with Crippen molar-refractivity contribution < 1.29 is 28.8 Å². The number of carboxylic acids is 1. The zero-order valence-corrected chi connectivity index (χ0v) is 18.0. The van der Waals surface area contributed by atoms with Crippen LogP contribution in [0.5, 0.6) is 17.2 Å². The zero-order valence-electron chi connectivity index (χ0n) is 18.0. The van der Waals surface area contributed by atoms with Gasteiger partial charge in [-0.05, 0) is 30.2 Å². The van der Waals surface area contributed by atoms with Gasteiger partial charge in [-0.3, -0.25) is 4.90 Å². The zero-order chi connectivity index (χ0) is 21.8. The lowest BCUT2D eigenvalue weighted by Gasteiger charge is -2.32. The Bertz CT molecular complexity index is 917. The van der Waals surface area contributed by atoms with Crippen molar-refractivity contribution >= 4 is 5.97 Å². The summed E-state index contributed by atoms with van der Waals surface area (Å²) < 4.78 is 22.3. The fourth-order valence-electron chi connectivity index (χ4n) is 4.86. The highest BCUT2D eigenvalue weighted by Gasteiger charge is 2.44. The minimum Gasteiger partial charge on any atom is -0.493 e. The Labute approximate surface area is 182 Å². The molecule has 2 saturated heterocycles. The quantitative estimate of drug-likeness (QED) is 0.693. The topological polar surface area (TPSA) is 77.5 Å². The van der Waals surface area contributed by atoms with Gasteiger partial charge < -0.3 is 24.1 Å². The summed E-state index contributed by atoms with van der Waals surface area (Å²) in [6, 6.07) is 14.2. The van der Waals surface area contributed by atoms with Crippen LogP contribution in [-0.2, 0) is 16.1 Å². The number of hydrogen-bond acceptors (Lipinski definition) is 6. The van der Waals surface area contributed by atoms with Gasteiger partial charge in [0.1, 0.15) is 5.75 Å². The van der Waals surface area contributed by atoms with E-state index in [1.54, 1.807) is 14.2 Å². The number of likely N-dealkylation sites (tertiary alicyclic amines) is 1. The number of ether oxygens (including phenoxy) is 4. The highest BCUT2D eigenvalue weighted by Crippen LogP contribution is 2.43. The molecule has 0 bridgehead atoms. The van der Waals surface area contributed by atoms with E-state index in [-0.39, 0.29) is 6.61 Å². The molecule has 2 aromatic carbocycles. The van der Waals surface area contributed by atoms with Crippen LogP contribution in [0.2, 0.25) is 0 Å². The predicted octanol–water partition coefficient (Wildman–Crippen LogP) is 3.17. The van der Waals surface area contributed by atoms with Crippen LogP contribution in [0.25, 0.3) is 0 Å². The molecule has 2 aliphatic rings. The number of benzene rings is 2. The van der Waals surface area contributed by atoms with E-state index in [0.717, 1.165) is 43.2 Å². The fourth-order valence-corrected chi connectivity index (χ4v) is 4.86. The number of hydrogen-bond donors (Lipinski definition) is 1. The Balaban J connectivity index is 1.57. The van der Waals surface area contributed by atoms with E-state index in [9.17, 15) is 4.79 Å². The lowest BCUT2D eigenvalue weighted by molar-refractivity contribution is -0.139. The van der Waals surface area contributed by atoms with Gasteiger partial charge in [-0.15, -0.1) is 0 Å². The van der Waals surface area contributed by atoms with Crippen molar-refractivity contribution in [2.75, 3.05) is 40.6 Å². The summed E-state index contributed by atoms with van der Waals surface area (Å²) in [7, 11) is 3.30. The number of para-hydroxylation sites is 1. The Morgan fingerprint density at radius 3 is 2.71 bits per heavy atom. The molecule has 0 saturated carbocycles. The molecule has 7 nitrogen and oxygen atoms in total. The van der Waals surface area contributed by atoms with Crippen molar-refractivity contribution in [2.24, 2.45) is 5.92 Å². The van der Waals surface area contributed by atoms with E-state index < -0.39 is 5.97 Å². The Morgan fingerprint density at radius 2 is 1.94 bits per heavy atom. The van der Waals surface area contributed by atoms with E-state index in [4.69, 9.17) is 24.1 Å². The number of fused-ring (bicyclic) bond motifs is 1. The normalized spacial score (nSPS) is 23.2. The molecule has 0 radical (unpaired) electrons. The maximum atomic E-state index is 10.9. The van der Waals surface area contributed by atoms with E-state index in [0.29, 0.717) is 30.2 Å². The molecular weight excluding hydrogens is 398 g/mol. The van der Waals surface area contributed by atoms with Crippen LogP contribution >= 0.6 is 0 Å². The van der Waals surface area contributed by atoms with E-state index >= 15 is 0 Å². The molecule has 3 atom stereocenters. The first-order valence-electron chi connectivity index (χ1n) is 10.6. The first-order valence-corrected chi connectivity index (χ1v) is 10.6. The Morgan fingerprint density at radius 1 is 1.13 bits per heavy atom. The van der Waals surface area contributed by atoms with Gasteiger partial charge in [-0.25, -0.2) is 4.79 Å². The summed E-state index contributed by atoms with van der Waals surface area (Å²) in [6.45, 7) is 2.75. The molecule has 2 aliphatic heterocycles. The van der Waals surface area contributed by atoms with Gasteiger partial charge in [0.25, 0.3) is 0 Å². The average Bonchev–Trinajstić information content (AvgIpc) is 3.16.